The molecule has 1 aliphatic carbocycles. The summed E-state index contributed by atoms with van der Waals surface area (Å²) in [6.07, 6.45) is 5.12. The Morgan fingerprint density at radius 1 is 1.10 bits per heavy atom. The zero-order valence-corrected chi connectivity index (χ0v) is 13.6. The molecule has 2 atom stereocenters. The van der Waals surface area contributed by atoms with E-state index < -0.39 is 0 Å². The second-order valence-corrected chi connectivity index (χ2v) is 6.24. The highest BCUT2D eigenvalue weighted by molar-refractivity contribution is 5.72. The molecule has 0 spiro atoms. The summed E-state index contributed by atoms with van der Waals surface area (Å²) in [6, 6.07) is 4.26. The fraction of sp³-hybridized carbons (Fsp3) is 0.647. The van der Waals surface area contributed by atoms with Crippen LogP contribution in [0.4, 0.5) is 11.4 Å². The molecular weight excluding hydrogens is 264 g/mol. The first-order valence-electron chi connectivity index (χ1n) is 7.84. The van der Waals surface area contributed by atoms with Gasteiger partial charge >= 0.3 is 0 Å². The summed E-state index contributed by atoms with van der Waals surface area (Å²) in [5.74, 6) is 2.77. The Balaban J connectivity index is 2.21. The molecule has 21 heavy (non-hydrogen) atoms. The highest BCUT2D eigenvalue weighted by Crippen LogP contribution is 2.38. The number of benzene rings is 1. The number of nitrogens with two attached hydrogens (primary N) is 1. The smallest absolute Gasteiger partial charge is 0.162 e. The van der Waals surface area contributed by atoms with Crippen molar-refractivity contribution in [2.75, 3.05) is 25.3 Å². The molecule has 4 nitrogen and oxygen atoms in total. The summed E-state index contributed by atoms with van der Waals surface area (Å²) in [5, 5.41) is 3.65. The van der Waals surface area contributed by atoms with Crippen molar-refractivity contribution in [3.63, 3.8) is 0 Å². The van der Waals surface area contributed by atoms with Crippen molar-refractivity contribution in [2.45, 2.75) is 45.6 Å². The number of ether oxygens (including phenoxy) is 2. The third kappa shape index (κ3) is 3.55. The average molecular weight is 292 g/mol. The number of hydrogen-bond donors (Lipinski definition) is 2. The molecule has 0 aromatic heterocycles. The lowest BCUT2D eigenvalue weighted by Gasteiger charge is -2.36. The highest BCUT2D eigenvalue weighted by Gasteiger charge is 2.28. The van der Waals surface area contributed by atoms with E-state index in [1.807, 2.05) is 12.1 Å². The van der Waals surface area contributed by atoms with E-state index in [2.05, 4.69) is 19.2 Å². The zero-order chi connectivity index (χ0) is 15.4. The van der Waals surface area contributed by atoms with Crippen molar-refractivity contribution in [1.29, 1.82) is 0 Å². The second kappa shape index (κ2) is 6.92. The van der Waals surface area contributed by atoms with Crippen LogP contribution >= 0.6 is 0 Å². The van der Waals surface area contributed by atoms with Gasteiger partial charge in [0, 0.05) is 18.2 Å². The van der Waals surface area contributed by atoms with Crippen LogP contribution in [0.3, 0.4) is 0 Å². The molecule has 1 aromatic carbocycles. The molecular formula is C17H28N2O2. The first-order valence-corrected chi connectivity index (χ1v) is 7.84. The largest absolute Gasteiger partial charge is 0.493 e. The van der Waals surface area contributed by atoms with Crippen molar-refractivity contribution < 1.29 is 9.47 Å². The normalized spacial score (nSPS) is 22.1. The van der Waals surface area contributed by atoms with Crippen molar-refractivity contribution in [1.82, 2.24) is 0 Å². The molecule has 0 radical (unpaired) electrons. The van der Waals surface area contributed by atoms with Crippen LogP contribution in [0, 0.1) is 11.8 Å². The monoisotopic (exact) mass is 292 g/mol. The molecule has 0 bridgehead atoms. The quantitative estimate of drug-likeness (QED) is 0.808. The lowest BCUT2D eigenvalue weighted by molar-refractivity contribution is 0.254. The first-order chi connectivity index (χ1) is 10.1. The summed E-state index contributed by atoms with van der Waals surface area (Å²) in [6.45, 7) is 4.62. The van der Waals surface area contributed by atoms with Gasteiger partial charge in [-0.05, 0) is 24.7 Å². The van der Waals surface area contributed by atoms with E-state index in [0.717, 1.165) is 5.69 Å². The van der Waals surface area contributed by atoms with Gasteiger partial charge in [-0.2, -0.15) is 0 Å². The predicted octanol–water partition coefficient (Wildman–Crippen LogP) is 3.91. The maximum absolute atomic E-state index is 6.16. The van der Waals surface area contributed by atoms with Gasteiger partial charge in [0.25, 0.3) is 0 Å². The van der Waals surface area contributed by atoms with Crippen LogP contribution in [0.15, 0.2) is 12.1 Å². The number of nitrogens with one attached hydrogen (secondary N) is 1. The third-order valence-electron chi connectivity index (χ3n) is 4.57. The molecule has 1 fully saturated rings. The maximum atomic E-state index is 6.16. The van der Waals surface area contributed by atoms with Crippen LogP contribution in [0.1, 0.15) is 39.5 Å². The van der Waals surface area contributed by atoms with Crippen LogP contribution in [-0.4, -0.2) is 20.3 Å². The molecule has 1 aromatic rings. The summed E-state index contributed by atoms with van der Waals surface area (Å²) >= 11 is 0. The Bertz CT molecular complexity index is 474. The van der Waals surface area contributed by atoms with Crippen LogP contribution in [0.25, 0.3) is 0 Å². The van der Waals surface area contributed by atoms with E-state index in [9.17, 15) is 0 Å². The first kappa shape index (κ1) is 15.8. The van der Waals surface area contributed by atoms with Gasteiger partial charge in [0.2, 0.25) is 0 Å². The fourth-order valence-electron chi connectivity index (χ4n) is 3.36. The number of nitrogen functional groups attached to an aromatic ring is 1. The lowest BCUT2D eigenvalue weighted by atomic mass is 9.77. The van der Waals surface area contributed by atoms with Gasteiger partial charge in [-0.1, -0.05) is 26.7 Å². The van der Waals surface area contributed by atoms with E-state index in [0.29, 0.717) is 35.1 Å². The van der Waals surface area contributed by atoms with Crippen LogP contribution in [-0.2, 0) is 0 Å². The molecule has 1 saturated carbocycles. The van der Waals surface area contributed by atoms with Crippen LogP contribution in [0.5, 0.6) is 11.5 Å². The highest BCUT2D eigenvalue weighted by atomic mass is 16.5. The Morgan fingerprint density at radius 2 is 1.71 bits per heavy atom. The molecule has 118 valence electrons. The maximum Gasteiger partial charge on any atom is 0.162 e. The SMILES string of the molecule is COc1cc(N)c(NC2CCCCC2C(C)C)cc1OC. The van der Waals surface area contributed by atoms with Crippen molar-refractivity contribution in [2.24, 2.45) is 11.8 Å². The topological polar surface area (TPSA) is 56.5 Å². The van der Waals surface area contributed by atoms with Gasteiger partial charge < -0.3 is 20.5 Å². The Labute approximate surface area is 128 Å². The van der Waals surface area contributed by atoms with E-state index in [4.69, 9.17) is 15.2 Å². The molecule has 0 amide bonds. The van der Waals surface area contributed by atoms with E-state index in [-0.39, 0.29) is 0 Å². The van der Waals surface area contributed by atoms with Gasteiger partial charge in [0.15, 0.2) is 11.5 Å². The Morgan fingerprint density at radius 3 is 2.33 bits per heavy atom. The Kier molecular flexibility index (Phi) is 5.21. The summed E-state index contributed by atoms with van der Waals surface area (Å²) in [5.41, 5.74) is 7.82. The number of rotatable bonds is 5. The van der Waals surface area contributed by atoms with Gasteiger partial charge in [-0.3, -0.25) is 0 Å². The van der Waals surface area contributed by atoms with E-state index >= 15 is 0 Å². The van der Waals surface area contributed by atoms with Crippen molar-refractivity contribution in [3.05, 3.63) is 12.1 Å². The molecule has 1 aliphatic rings. The molecule has 3 N–H and O–H groups in total. The average Bonchev–Trinajstić information content (AvgIpc) is 2.49. The van der Waals surface area contributed by atoms with Crippen LogP contribution < -0.4 is 20.5 Å². The third-order valence-corrected chi connectivity index (χ3v) is 4.57. The minimum Gasteiger partial charge on any atom is -0.493 e. The number of methoxy groups -OCH3 is 2. The van der Waals surface area contributed by atoms with Gasteiger partial charge in [0.1, 0.15) is 0 Å². The second-order valence-electron chi connectivity index (χ2n) is 6.24. The van der Waals surface area contributed by atoms with Gasteiger partial charge in [0.05, 0.1) is 25.6 Å². The molecule has 2 unspecified atom stereocenters. The molecule has 2 rings (SSSR count). The number of anilines is 2. The summed E-state index contributed by atoms with van der Waals surface area (Å²) in [7, 11) is 3.27. The van der Waals surface area contributed by atoms with Gasteiger partial charge in [-0.25, -0.2) is 0 Å². The number of hydrogen-bond acceptors (Lipinski definition) is 4. The lowest BCUT2D eigenvalue weighted by Crippen LogP contribution is -2.35. The summed E-state index contributed by atoms with van der Waals surface area (Å²) < 4.78 is 10.7. The minimum absolute atomic E-state index is 0.485. The molecule has 0 heterocycles. The Hall–Kier alpha value is -1.58. The van der Waals surface area contributed by atoms with Crippen molar-refractivity contribution >= 4 is 11.4 Å². The fourth-order valence-corrected chi connectivity index (χ4v) is 3.36. The zero-order valence-electron chi connectivity index (χ0n) is 13.6. The minimum atomic E-state index is 0.485. The summed E-state index contributed by atoms with van der Waals surface area (Å²) in [4.78, 5) is 0. The molecule has 0 saturated heterocycles. The van der Waals surface area contributed by atoms with E-state index in [1.54, 1.807) is 14.2 Å². The predicted molar refractivity (Wildman–Crippen MR) is 88.2 cm³/mol. The van der Waals surface area contributed by atoms with Gasteiger partial charge in [-0.15, -0.1) is 0 Å². The molecule has 0 aliphatic heterocycles. The standard InChI is InChI=1S/C17H28N2O2/c1-11(2)12-7-5-6-8-14(12)19-15-10-17(21-4)16(20-3)9-13(15)18/h9-12,14,19H,5-8,18H2,1-4H3. The van der Waals surface area contributed by atoms with E-state index in [1.165, 1.54) is 25.7 Å². The van der Waals surface area contributed by atoms with Crippen molar-refractivity contribution in [3.8, 4) is 11.5 Å². The van der Waals surface area contributed by atoms with Crippen LogP contribution in [0.2, 0.25) is 0 Å². The molecule has 4 heteroatoms.